The number of nitrogens with zero attached hydrogens (tertiary/aromatic N) is 4. The van der Waals surface area contributed by atoms with E-state index in [1.807, 2.05) is 42.6 Å². The second kappa shape index (κ2) is 4.70. The Morgan fingerprint density at radius 2 is 2.00 bits per heavy atom. The first-order valence-electron chi connectivity index (χ1n) is 6.80. The second-order valence-electron chi connectivity index (χ2n) is 4.91. The van der Waals surface area contributed by atoms with Crippen LogP contribution in [0.5, 0.6) is 5.75 Å². The van der Waals surface area contributed by atoms with E-state index < -0.39 is 0 Å². The molecule has 0 atom stereocenters. The van der Waals surface area contributed by atoms with E-state index >= 15 is 0 Å². The maximum absolute atomic E-state index is 5.74. The average molecular weight is 291 g/mol. The van der Waals surface area contributed by atoms with Crippen molar-refractivity contribution in [2.75, 3.05) is 12.8 Å². The molecule has 0 amide bonds. The van der Waals surface area contributed by atoms with Gasteiger partial charge >= 0.3 is 0 Å². The van der Waals surface area contributed by atoms with Gasteiger partial charge in [-0.25, -0.2) is 4.52 Å². The number of rotatable bonds is 2. The summed E-state index contributed by atoms with van der Waals surface area (Å²) in [7, 11) is 1.59. The van der Waals surface area contributed by atoms with Crippen LogP contribution in [0, 0.1) is 0 Å². The fourth-order valence-corrected chi connectivity index (χ4v) is 2.54. The molecule has 4 aromatic rings. The maximum Gasteiger partial charge on any atom is 0.240 e. The van der Waals surface area contributed by atoms with Crippen LogP contribution < -0.4 is 10.5 Å². The van der Waals surface area contributed by atoms with Crippen molar-refractivity contribution in [3.63, 3.8) is 0 Å². The van der Waals surface area contributed by atoms with E-state index in [0.29, 0.717) is 11.4 Å². The van der Waals surface area contributed by atoms with Crippen molar-refractivity contribution in [2.24, 2.45) is 0 Å². The summed E-state index contributed by atoms with van der Waals surface area (Å²) in [5, 5.41) is 5.32. The summed E-state index contributed by atoms with van der Waals surface area (Å²) in [6.45, 7) is 0. The highest BCUT2D eigenvalue weighted by Crippen LogP contribution is 2.27. The molecule has 0 bridgehead atoms. The molecule has 0 radical (unpaired) electrons. The monoisotopic (exact) mass is 291 g/mol. The number of para-hydroxylation sites is 1. The lowest BCUT2D eigenvalue weighted by Crippen LogP contribution is -1.97. The van der Waals surface area contributed by atoms with Crippen molar-refractivity contribution in [1.82, 2.24) is 19.6 Å². The van der Waals surface area contributed by atoms with E-state index in [2.05, 4.69) is 21.1 Å². The highest BCUT2D eigenvalue weighted by Gasteiger charge is 2.12. The molecule has 0 saturated heterocycles. The minimum atomic E-state index is 0.208. The molecule has 2 N–H and O–H groups in total. The molecule has 0 spiro atoms. The summed E-state index contributed by atoms with van der Waals surface area (Å²) < 4.78 is 6.99. The van der Waals surface area contributed by atoms with Gasteiger partial charge in [0.1, 0.15) is 0 Å². The Bertz CT molecular complexity index is 992. The number of benzene rings is 1. The first-order chi connectivity index (χ1) is 10.8. The SMILES string of the molecule is COc1ccc(-c2cnc3ccccc3c2)n2nc(N)nc12. The van der Waals surface area contributed by atoms with E-state index in [-0.39, 0.29) is 5.95 Å². The lowest BCUT2D eigenvalue weighted by Gasteiger charge is -2.08. The van der Waals surface area contributed by atoms with Gasteiger partial charge in [-0.15, -0.1) is 5.10 Å². The number of anilines is 1. The van der Waals surface area contributed by atoms with Crippen molar-refractivity contribution >= 4 is 22.5 Å². The zero-order valence-electron chi connectivity index (χ0n) is 11.9. The number of ether oxygens (including phenoxy) is 1. The van der Waals surface area contributed by atoms with E-state index in [0.717, 1.165) is 22.2 Å². The smallest absolute Gasteiger partial charge is 0.240 e. The van der Waals surface area contributed by atoms with Gasteiger partial charge in [0.25, 0.3) is 0 Å². The summed E-state index contributed by atoms with van der Waals surface area (Å²) >= 11 is 0. The van der Waals surface area contributed by atoms with Crippen LogP contribution in [0.2, 0.25) is 0 Å². The van der Waals surface area contributed by atoms with Crippen LogP contribution in [-0.2, 0) is 0 Å². The van der Waals surface area contributed by atoms with Crippen LogP contribution >= 0.6 is 0 Å². The molecule has 6 heteroatoms. The highest BCUT2D eigenvalue weighted by atomic mass is 16.5. The Morgan fingerprint density at radius 3 is 2.86 bits per heavy atom. The number of hydrogen-bond donors (Lipinski definition) is 1. The summed E-state index contributed by atoms with van der Waals surface area (Å²) in [6.07, 6.45) is 1.82. The second-order valence-corrected chi connectivity index (χ2v) is 4.91. The van der Waals surface area contributed by atoms with Gasteiger partial charge in [-0.2, -0.15) is 4.98 Å². The van der Waals surface area contributed by atoms with Crippen LogP contribution in [0.15, 0.2) is 48.7 Å². The van der Waals surface area contributed by atoms with Gasteiger partial charge in [0, 0.05) is 17.1 Å². The van der Waals surface area contributed by atoms with E-state index in [4.69, 9.17) is 10.5 Å². The quantitative estimate of drug-likeness (QED) is 0.614. The molecule has 0 aliphatic heterocycles. The van der Waals surface area contributed by atoms with Crippen molar-refractivity contribution in [1.29, 1.82) is 0 Å². The number of pyridine rings is 2. The first-order valence-corrected chi connectivity index (χ1v) is 6.80. The molecule has 1 aromatic carbocycles. The van der Waals surface area contributed by atoms with Crippen molar-refractivity contribution in [3.8, 4) is 17.0 Å². The van der Waals surface area contributed by atoms with Crippen molar-refractivity contribution < 1.29 is 4.74 Å². The third-order valence-corrected chi connectivity index (χ3v) is 3.57. The first kappa shape index (κ1) is 12.6. The summed E-state index contributed by atoms with van der Waals surface area (Å²) in [6, 6.07) is 13.8. The van der Waals surface area contributed by atoms with Gasteiger partial charge in [-0.3, -0.25) is 4.98 Å². The predicted molar refractivity (Wildman–Crippen MR) is 84.7 cm³/mol. The molecule has 0 saturated carbocycles. The Balaban J connectivity index is 1.99. The molecular formula is C16H13N5O. The predicted octanol–water partition coefficient (Wildman–Crippen LogP) is 2.54. The van der Waals surface area contributed by atoms with Gasteiger partial charge < -0.3 is 10.5 Å². The molecule has 22 heavy (non-hydrogen) atoms. The largest absolute Gasteiger partial charge is 0.493 e. The van der Waals surface area contributed by atoms with Crippen LogP contribution in [0.3, 0.4) is 0 Å². The third kappa shape index (κ3) is 1.85. The molecular weight excluding hydrogens is 278 g/mol. The number of fused-ring (bicyclic) bond motifs is 2. The molecule has 3 aromatic heterocycles. The van der Waals surface area contributed by atoms with Crippen LogP contribution in [0.4, 0.5) is 5.95 Å². The minimum Gasteiger partial charge on any atom is -0.493 e. The molecule has 0 unspecified atom stereocenters. The normalized spacial score (nSPS) is 11.1. The van der Waals surface area contributed by atoms with E-state index in [9.17, 15) is 0 Å². The minimum absolute atomic E-state index is 0.208. The number of methoxy groups -OCH3 is 1. The molecule has 0 aliphatic carbocycles. The zero-order chi connectivity index (χ0) is 15.1. The maximum atomic E-state index is 5.74. The van der Waals surface area contributed by atoms with Gasteiger partial charge in [-0.1, -0.05) is 18.2 Å². The molecule has 0 fully saturated rings. The van der Waals surface area contributed by atoms with Gasteiger partial charge in [0.05, 0.1) is 18.3 Å². The Labute approximate surface area is 126 Å². The molecule has 0 aliphatic rings. The molecule has 6 nitrogen and oxygen atoms in total. The Hall–Kier alpha value is -3.15. The standard InChI is InChI=1S/C16H13N5O/c1-22-14-7-6-13(21-15(14)19-16(17)20-21)11-8-10-4-2-3-5-12(10)18-9-11/h2-9H,1H3,(H2,17,20). The van der Waals surface area contributed by atoms with Gasteiger partial charge in [-0.05, 0) is 24.3 Å². The van der Waals surface area contributed by atoms with Gasteiger partial charge in [0.2, 0.25) is 5.95 Å². The summed E-state index contributed by atoms with van der Waals surface area (Å²) in [5.41, 5.74) is 9.08. The Kier molecular flexibility index (Phi) is 2.69. The number of nitrogens with two attached hydrogens (primary N) is 1. The van der Waals surface area contributed by atoms with Crippen molar-refractivity contribution in [2.45, 2.75) is 0 Å². The lowest BCUT2D eigenvalue weighted by atomic mass is 10.1. The zero-order valence-corrected chi connectivity index (χ0v) is 11.9. The molecule has 3 heterocycles. The Morgan fingerprint density at radius 1 is 1.14 bits per heavy atom. The van der Waals surface area contributed by atoms with Crippen LogP contribution in [0.1, 0.15) is 0 Å². The fraction of sp³-hybridized carbons (Fsp3) is 0.0625. The topological polar surface area (TPSA) is 78.3 Å². The number of hydrogen-bond acceptors (Lipinski definition) is 5. The van der Waals surface area contributed by atoms with Crippen molar-refractivity contribution in [3.05, 3.63) is 48.7 Å². The molecule has 108 valence electrons. The van der Waals surface area contributed by atoms with Crippen LogP contribution in [-0.4, -0.2) is 26.7 Å². The summed E-state index contributed by atoms with van der Waals surface area (Å²) in [5.74, 6) is 0.834. The third-order valence-electron chi connectivity index (χ3n) is 3.57. The van der Waals surface area contributed by atoms with E-state index in [1.165, 1.54) is 0 Å². The highest BCUT2D eigenvalue weighted by molar-refractivity contribution is 5.83. The number of aromatic nitrogens is 4. The average Bonchev–Trinajstić information content (AvgIpc) is 2.94. The summed E-state index contributed by atoms with van der Waals surface area (Å²) in [4.78, 5) is 8.71. The number of nitrogen functional groups attached to an aromatic ring is 1. The van der Waals surface area contributed by atoms with E-state index in [1.54, 1.807) is 11.6 Å². The van der Waals surface area contributed by atoms with Gasteiger partial charge in [0.15, 0.2) is 11.4 Å². The lowest BCUT2D eigenvalue weighted by molar-refractivity contribution is 0.416. The van der Waals surface area contributed by atoms with Crippen LogP contribution in [0.25, 0.3) is 27.8 Å². The fourth-order valence-electron chi connectivity index (χ4n) is 2.54. The molecule has 4 rings (SSSR count).